The molecule has 2 unspecified atom stereocenters. The van der Waals surface area contributed by atoms with E-state index in [2.05, 4.69) is 59.4 Å². The van der Waals surface area contributed by atoms with Gasteiger partial charge in [0, 0.05) is 36.9 Å². The van der Waals surface area contributed by atoms with Crippen molar-refractivity contribution in [2.75, 3.05) is 39.5 Å². The van der Waals surface area contributed by atoms with Gasteiger partial charge in [-0.1, -0.05) is 60.1 Å². The fourth-order valence-corrected chi connectivity index (χ4v) is 12.6. The van der Waals surface area contributed by atoms with Gasteiger partial charge in [-0.25, -0.2) is 0 Å². The van der Waals surface area contributed by atoms with E-state index in [1.165, 1.54) is 12.5 Å². The fraction of sp³-hybridized carbons (Fsp3) is 0.895. The van der Waals surface area contributed by atoms with Crippen molar-refractivity contribution in [1.29, 1.82) is 0 Å². The molecule has 0 aromatic rings. The summed E-state index contributed by atoms with van der Waals surface area (Å²) >= 11 is 0. The monoisotopic (exact) mass is 642 g/mol. The number of ether oxygens (including phenoxy) is 3. The number of nitrogens with two attached hydrogens (primary N) is 1. The molecule has 3 N–H and O–H groups in total. The summed E-state index contributed by atoms with van der Waals surface area (Å²) in [6.07, 6.45) is 8.41. The molecule has 2 heterocycles. The summed E-state index contributed by atoms with van der Waals surface area (Å²) in [5, 5.41) is 11.0. The van der Waals surface area contributed by atoms with E-state index < -0.39 is 11.9 Å². The molecule has 5 fully saturated rings. The SMILES string of the molecule is CC(=O)O[C@@H]1C[C@@]23COC[C@](C)(C2CC[C@H]2C3=CC[C@@]3(C)[C@H](C(=O)O)[C@@](C)([C@H](C)C(C)C)CC[C@]23C)[C@H]1OCCN1CCC(N)C1. The minimum absolute atomic E-state index is 0.148. The van der Waals surface area contributed by atoms with E-state index in [1.807, 2.05) is 0 Å². The van der Waals surface area contributed by atoms with Crippen LogP contribution in [-0.4, -0.2) is 79.6 Å². The van der Waals surface area contributed by atoms with Crippen LogP contribution in [0.2, 0.25) is 0 Å². The van der Waals surface area contributed by atoms with E-state index in [1.54, 1.807) is 0 Å². The van der Waals surface area contributed by atoms with Crippen molar-refractivity contribution in [1.82, 2.24) is 4.90 Å². The summed E-state index contributed by atoms with van der Waals surface area (Å²) in [5.41, 5.74) is 6.30. The topological polar surface area (TPSA) is 111 Å². The summed E-state index contributed by atoms with van der Waals surface area (Å²) in [5.74, 6) is 0.0504. The highest BCUT2D eigenvalue weighted by atomic mass is 16.6. The van der Waals surface area contributed by atoms with Gasteiger partial charge in [0.1, 0.15) is 12.2 Å². The van der Waals surface area contributed by atoms with E-state index in [9.17, 15) is 14.7 Å². The number of rotatable bonds is 8. The quantitative estimate of drug-likeness (QED) is 0.248. The molecule has 0 spiro atoms. The lowest BCUT2D eigenvalue weighted by Crippen LogP contribution is -2.70. The molecule has 12 atom stereocenters. The molecule has 0 aromatic heterocycles. The van der Waals surface area contributed by atoms with Crippen molar-refractivity contribution in [2.24, 2.45) is 62.4 Å². The number of hydrogen-bond donors (Lipinski definition) is 2. The summed E-state index contributed by atoms with van der Waals surface area (Å²) in [6, 6.07) is 0.235. The Hall–Kier alpha value is -1.48. The zero-order valence-corrected chi connectivity index (χ0v) is 29.9. The number of hydrogen-bond acceptors (Lipinski definition) is 7. The highest BCUT2D eigenvalue weighted by molar-refractivity contribution is 5.73. The first-order chi connectivity index (χ1) is 21.5. The van der Waals surface area contributed by atoms with Crippen LogP contribution in [0.5, 0.6) is 0 Å². The molecule has 3 saturated carbocycles. The molecule has 260 valence electrons. The average molecular weight is 643 g/mol. The van der Waals surface area contributed by atoms with Gasteiger partial charge < -0.3 is 25.1 Å². The number of carboxylic acid groups (broad SMARTS) is 1. The van der Waals surface area contributed by atoms with Crippen molar-refractivity contribution in [3.8, 4) is 0 Å². The minimum atomic E-state index is -0.635. The smallest absolute Gasteiger partial charge is 0.307 e. The Bertz CT molecular complexity index is 1240. The number of carbonyl (C=O) groups is 2. The predicted molar refractivity (Wildman–Crippen MR) is 178 cm³/mol. The number of aliphatic carboxylic acids is 1. The molecule has 0 aromatic carbocycles. The van der Waals surface area contributed by atoms with Crippen LogP contribution >= 0.6 is 0 Å². The van der Waals surface area contributed by atoms with E-state index in [0.717, 1.165) is 58.2 Å². The van der Waals surface area contributed by atoms with Crippen LogP contribution in [0.25, 0.3) is 0 Å². The molecule has 0 radical (unpaired) electrons. The number of esters is 1. The molecule has 2 aliphatic heterocycles. The molecule has 0 amide bonds. The van der Waals surface area contributed by atoms with Crippen LogP contribution in [0.15, 0.2) is 11.6 Å². The highest BCUT2D eigenvalue weighted by Gasteiger charge is 2.72. The summed E-state index contributed by atoms with van der Waals surface area (Å²) in [6.45, 7) is 22.1. The van der Waals surface area contributed by atoms with Gasteiger partial charge in [0.05, 0.1) is 25.7 Å². The minimum Gasteiger partial charge on any atom is -0.481 e. The largest absolute Gasteiger partial charge is 0.481 e. The highest BCUT2D eigenvalue weighted by Crippen LogP contribution is 2.75. The van der Waals surface area contributed by atoms with Crippen molar-refractivity contribution in [3.63, 3.8) is 0 Å². The van der Waals surface area contributed by atoms with E-state index in [4.69, 9.17) is 19.9 Å². The number of fused-ring (bicyclic) bond motifs is 3. The van der Waals surface area contributed by atoms with Crippen molar-refractivity contribution < 1.29 is 28.9 Å². The summed E-state index contributed by atoms with van der Waals surface area (Å²) in [4.78, 5) is 28.3. The second kappa shape index (κ2) is 11.8. The predicted octanol–water partition coefficient (Wildman–Crippen LogP) is 5.92. The average Bonchev–Trinajstić information content (AvgIpc) is 3.38. The number of allylic oxidation sites excluding steroid dienone is 1. The normalized spacial score (nSPS) is 47.7. The van der Waals surface area contributed by atoms with Crippen LogP contribution in [0, 0.1) is 56.7 Å². The zero-order valence-electron chi connectivity index (χ0n) is 29.9. The van der Waals surface area contributed by atoms with Crippen molar-refractivity contribution in [2.45, 2.75) is 119 Å². The van der Waals surface area contributed by atoms with Gasteiger partial charge in [0.15, 0.2) is 0 Å². The lowest BCUT2D eigenvalue weighted by atomic mass is 9.34. The molecular formula is C38H62N2O6. The van der Waals surface area contributed by atoms with Crippen LogP contribution in [0.3, 0.4) is 0 Å². The molecule has 6 rings (SSSR count). The Kier molecular flexibility index (Phi) is 8.85. The molecular weight excluding hydrogens is 580 g/mol. The molecule has 46 heavy (non-hydrogen) atoms. The van der Waals surface area contributed by atoms with Gasteiger partial charge in [-0.2, -0.15) is 0 Å². The number of carbonyl (C=O) groups excluding carboxylic acids is 1. The summed E-state index contributed by atoms with van der Waals surface area (Å²) < 4.78 is 19.5. The lowest BCUT2D eigenvalue weighted by Gasteiger charge is -2.71. The number of nitrogens with zero attached hydrogens (tertiary/aromatic N) is 1. The van der Waals surface area contributed by atoms with Crippen LogP contribution in [0.1, 0.15) is 100 Å². The third-order valence-corrected chi connectivity index (χ3v) is 15.4. The van der Waals surface area contributed by atoms with Crippen LogP contribution < -0.4 is 5.73 Å². The van der Waals surface area contributed by atoms with Crippen LogP contribution in [0.4, 0.5) is 0 Å². The van der Waals surface area contributed by atoms with Gasteiger partial charge in [-0.3, -0.25) is 14.5 Å². The first kappa shape index (κ1) is 34.4. The second-order valence-corrected chi connectivity index (χ2v) is 17.8. The summed E-state index contributed by atoms with van der Waals surface area (Å²) in [7, 11) is 0. The molecule has 8 heteroatoms. The van der Waals surface area contributed by atoms with Crippen LogP contribution in [-0.2, 0) is 23.8 Å². The Morgan fingerprint density at radius 3 is 2.46 bits per heavy atom. The standard InChI is InChI=1S/C38H62N2O6/c1-23(2)24(3)34(5)14-15-36(7)27-9-10-30-35(6)21-44-22-38(30,28(27)11-13-37(36,8)31(34)33(42)43)19-29(46-25(4)41)32(35)45-18-17-40-16-12-26(39)20-40/h11,23-24,26-27,29-32H,9-10,12-22,39H2,1-8H3,(H,42,43)/t24-,26?,27+,29-,30?,31-,32+,34-,35-,36-,37+,38+/m1/s1. The van der Waals surface area contributed by atoms with E-state index in [0.29, 0.717) is 44.0 Å². The van der Waals surface area contributed by atoms with Gasteiger partial charge in [0.2, 0.25) is 0 Å². The zero-order chi connectivity index (χ0) is 33.4. The third-order valence-electron chi connectivity index (χ3n) is 15.4. The first-order valence-corrected chi connectivity index (χ1v) is 18.3. The third kappa shape index (κ3) is 4.96. The van der Waals surface area contributed by atoms with Crippen molar-refractivity contribution >= 4 is 11.9 Å². The van der Waals surface area contributed by atoms with Gasteiger partial charge in [0.25, 0.3) is 0 Å². The number of likely N-dealkylation sites (tertiary alicyclic amines) is 1. The van der Waals surface area contributed by atoms with Gasteiger partial charge in [-0.15, -0.1) is 0 Å². The molecule has 2 bridgehead atoms. The first-order valence-electron chi connectivity index (χ1n) is 18.3. The van der Waals surface area contributed by atoms with E-state index in [-0.39, 0.29) is 57.2 Å². The Labute approximate surface area is 277 Å². The second-order valence-electron chi connectivity index (χ2n) is 17.8. The molecule has 6 aliphatic rings. The Morgan fingerprint density at radius 2 is 1.83 bits per heavy atom. The van der Waals surface area contributed by atoms with Gasteiger partial charge in [-0.05, 0) is 91.4 Å². The van der Waals surface area contributed by atoms with Gasteiger partial charge >= 0.3 is 11.9 Å². The molecule has 2 saturated heterocycles. The lowest BCUT2D eigenvalue weighted by molar-refractivity contribution is -0.267. The maximum Gasteiger partial charge on any atom is 0.307 e. The maximum absolute atomic E-state index is 13.4. The Morgan fingerprint density at radius 1 is 1.09 bits per heavy atom. The van der Waals surface area contributed by atoms with Crippen molar-refractivity contribution in [3.05, 3.63) is 11.6 Å². The Balaban J connectivity index is 1.35. The fourth-order valence-electron chi connectivity index (χ4n) is 12.6. The number of carboxylic acids is 1. The van der Waals surface area contributed by atoms with E-state index >= 15 is 0 Å². The molecule has 4 aliphatic carbocycles. The maximum atomic E-state index is 13.4. The molecule has 8 nitrogen and oxygen atoms in total.